The molecule has 0 aromatic heterocycles. The first kappa shape index (κ1) is 38.4. The SMILES string of the molecule is CC(C)C[C@H](NC(=O)[C@@H](I)CCc1ccccc1)C(=O)N[C@@H](Cc1ccc(C(F)(F)F)cc1)C(=O)N[C@@H](CC(C)C)C(=O)[C@@]1(C)CO1. The number of benzene rings is 2. The Labute approximate surface area is 288 Å². The lowest BCUT2D eigenvalue weighted by atomic mass is 9.93. The van der Waals surface area contributed by atoms with Gasteiger partial charge in [0, 0.05) is 6.42 Å². The summed E-state index contributed by atoms with van der Waals surface area (Å²) in [5, 5.41) is 8.36. The third-order valence-electron chi connectivity index (χ3n) is 7.95. The molecule has 0 aliphatic carbocycles. The zero-order valence-corrected chi connectivity index (χ0v) is 29.6. The second-order valence-electron chi connectivity index (χ2n) is 13.2. The molecule has 2 aromatic rings. The standard InChI is InChI=1S/C35H45F3IN3O5/c1-21(2)17-27(30(43)34(5)20-47-34)40-33(46)29(19-24-11-14-25(15-12-24)35(36,37)38)42-32(45)28(18-22(3)4)41-31(44)26(39)16-13-23-9-7-6-8-10-23/h6-12,14-15,21-22,26-29H,13,16-20H2,1-5H3,(H,40,46)(H,41,44)(H,42,45)/t26-,27-,28-,29-,34+/m0/s1. The van der Waals surface area contributed by atoms with Crippen molar-refractivity contribution in [2.45, 2.75) is 101 Å². The van der Waals surface area contributed by atoms with Crippen molar-refractivity contribution in [3.63, 3.8) is 0 Å². The number of rotatable bonds is 17. The van der Waals surface area contributed by atoms with Crippen LogP contribution in [-0.2, 0) is 42.9 Å². The number of Topliss-reactive ketones (excluding diaryl/α,β-unsaturated/α-hetero) is 1. The molecule has 3 amide bonds. The highest BCUT2D eigenvalue weighted by Gasteiger charge is 2.50. The number of carbonyl (C=O) groups excluding carboxylic acids is 4. The Kier molecular flexibility index (Phi) is 13.8. The molecule has 0 unspecified atom stereocenters. The summed E-state index contributed by atoms with van der Waals surface area (Å²) in [5.41, 5.74) is -0.374. The van der Waals surface area contributed by atoms with Crippen LogP contribution in [0.2, 0.25) is 0 Å². The van der Waals surface area contributed by atoms with Gasteiger partial charge < -0.3 is 20.7 Å². The highest BCUT2D eigenvalue weighted by atomic mass is 127. The highest BCUT2D eigenvalue weighted by Crippen LogP contribution is 2.30. The average Bonchev–Trinajstić information content (AvgIpc) is 3.76. The van der Waals surface area contributed by atoms with Gasteiger partial charge in [-0.1, -0.05) is 92.8 Å². The first-order valence-electron chi connectivity index (χ1n) is 15.9. The lowest BCUT2D eigenvalue weighted by molar-refractivity contribution is -0.137. The molecule has 12 heteroatoms. The van der Waals surface area contributed by atoms with Crippen molar-refractivity contribution in [1.82, 2.24) is 16.0 Å². The third kappa shape index (κ3) is 12.2. The van der Waals surface area contributed by atoms with E-state index in [0.717, 1.165) is 17.7 Å². The van der Waals surface area contributed by atoms with Crippen molar-refractivity contribution in [2.75, 3.05) is 6.61 Å². The van der Waals surface area contributed by atoms with Crippen LogP contribution in [0.1, 0.15) is 70.6 Å². The van der Waals surface area contributed by atoms with Crippen LogP contribution in [0.15, 0.2) is 54.6 Å². The van der Waals surface area contributed by atoms with Crippen molar-refractivity contribution < 1.29 is 37.1 Å². The average molecular weight is 772 g/mol. The number of hydrogen-bond acceptors (Lipinski definition) is 5. The summed E-state index contributed by atoms with van der Waals surface area (Å²) < 4.78 is 44.5. The van der Waals surface area contributed by atoms with Gasteiger partial charge in [0.25, 0.3) is 0 Å². The second-order valence-corrected chi connectivity index (χ2v) is 14.7. The fourth-order valence-corrected chi connectivity index (χ4v) is 5.67. The molecule has 0 spiro atoms. The van der Waals surface area contributed by atoms with Gasteiger partial charge in [-0.25, -0.2) is 0 Å². The zero-order chi connectivity index (χ0) is 34.9. The molecule has 1 heterocycles. The smallest absolute Gasteiger partial charge is 0.361 e. The second kappa shape index (κ2) is 16.9. The maximum atomic E-state index is 13.8. The first-order valence-corrected chi connectivity index (χ1v) is 17.2. The quantitative estimate of drug-likeness (QED) is 0.110. The number of alkyl halides is 4. The number of carbonyl (C=O) groups is 4. The van der Waals surface area contributed by atoms with Crippen molar-refractivity contribution >= 4 is 46.1 Å². The summed E-state index contributed by atoms with van der Waals surface area (Å²) in [5.74, 6) is -1.80. The number of halogens is 4. The van der Waals surface area contributed by atoms with E-state index in [2.05, 4.69) is 38.5 Å². The minimum atomic E-state index is -4.53. The zero-order valence-electron chi connectivity index (χ0n) is 27.5. The van der Waals surface area contributed by atoms with E-state index in [0.29, 0.717) is 31.2 Å². The van der Waals surface area contributed by atoms with Gasteiger partial charge in [-0.05, 0) is 67.7 Å². The first-order chi connectivity index (χ1) is 22.0. The largest absolute Gasteiger partial charge is 0.416 e. The van der Waals surface area contributed by atoms with Gasteiger partial charge in [-0.3, -0.25) is 19.2 Å². The molecule has 258 valence electrons. The van der Waals surface area contributed by atoms with Gasteiger partial charge in [-0.2, -0.15) is 13.2 Å². The van der Waals surface area contributed by atoms with Crippen molar-refractivity contribution in [3.05, 3.63) is 71.3 Å². The molecule has 1 aliphatic heterocycles. The van der Waals surface area contributed by atoms with Crippen molar-refractivity contribution in [2.24, 2.45) is 11.8 Å². The van der Waals surface area contributed by atoms with Crippen LogP contribution < -0.4 is 16.0 Å². The van der Waals surface area contributed by atoms with Gasteiger partial charge in [0.2, 0.25) is 17.7 Å². The number of epoxide rings is 1. The van der Waals surface area contributed by atoms with E-state index in [4.69, 9.17) is 4.74 Å². The van der Waals surface area contributed by atoms with Gasteiger partial charge in [0.15, 0.2) is 5.78 Å². The molecule has 0 saturated carbocycles. The molecular weight excluding hydrogens is 726 g/mol. The summed E-state index contributed by atoms with van der Waals surface area (Å²) >= 11 is 2.05. The molecule has 47 heavy (non-hydrogen) atoms. The van der Waals surface area contributed by atoms with Crippen LogP contribution >= 0.6 is 22.6 Å². The molecule has 5 atom stereocenters. The summed E-state index contributed by atoms with van der Waals surface area (Å²) in [7, 11) is 0. The molecule has 1 aliphatic rings. The summed E-state index contributed by atoms with van der Waals surface area (Å²) in [6.07, 6.45) is -2.82. The number of amides is 3. The molecule has 1 fully saturated rings. The van der Waals surface area contributed by atoms with Gasteiger partial charge in [-0.15, -0.1) is 0 Å². The van der Waals surface area contributed by atoms with Crippen LogP contribution in [0.25, 0.3) is 0 Å². The lowest BCUT2D eigenvalue weighted by Crippen LogP contribution is -2.58. The van der Waals surface area contributed by atoms with E-state index in [-0.39, 0.29) is 36.6 Å². The van der Waals surface area contributed by atoms with E-state index in [1.54, 1.807) is 6.92 Å². The van der Waals surface area contributed by atoms with Crippen LogP contribution in [0.5, 0.6) is 0 Å². The fourth-order valence-electron chi connectivity index (χ4n) is 5.18. The normalized spacial score (nSPS) is 18.6. The molecule has 0 bridgehead atoms. The summed E-state index contributed by atoms with van der Waals surface area (Å²) in [6.45, 7) is 9.50. The Bertz CT molecular complexity index is 1360. The predicted octanol–water partition coefficient (Wildman–Crippen LogP) is 5.59. The van der Waals surface area contributed by atoms with Crippen molar-refractivity contribution in [3.8, 4) is 0 Å². The molecule has 0 radical (unpaired) electrons. The Morgan fingerprint density at radius 1 is 0.787 bits per heavy atom. The molecule has 1 saturated heterocycles. The van der Waals surface area contributed by atoms with Crippen molar-refractivity contribution in [1.29, 1.82) is 0 Å². The Hall–Kier alpha value is -3.00. The monoisotopic (exact) mass is 771 g/mol. The van der Waals surface area contributed by atoms with Crippen LogP contribution in [0.4, 0.5) is 13.2 Å². The highest BCUT2D eigenvalue weighted by molar-refractivity contribution is 14.1. The van der Waals surface area contributed by atoms with Crippen LogP contribution in [0, 0.1) is 11.8 Å². The minimum absolute atomic E-state index is 0.0116. The fraction of sp³-hybridized carbons (Fsp3) is 0.543. The molecule has 2 aromatic carbocycles. The topological polar surface area (TPSA) is 117 Å². The summed E-state index contributed by atoms with van der Waals surface area (Å²) in [6, 6.07) is 11.0. The number of hydrogen-bond donors (Lipinski definition) is 3. The lowest BCUT2D eigenvalue weighted by Gasteiger charge is -2.27. The predicted molar refractivity (Wildman–Crippen MR) is 182 cm³/mol. The van der Waals surface area contributed by atoms with E-state index >= 15 is 0 Å². The minimum Gasteiger partial charge on any atom is -0.361 e. The van der Waals surface area contributed by atoms with Gasteiger partial charge in [0.05, 0.1) is 22.1 Å². The van der Waals surface area contributed by atoms with E-state index in [9.17, 15) is 32.3 Å². The van der Waals surface area contributed by atoms with Crippen LogP contribution in [-0.4, -0.2) is 57.8 Å². The molecule has 8 nitrogen and oxygen atoms in total. The molecule has 3 rings (SSSR count). The van der Waals surface area contributed by atoms with E-state index in [1.807, 2.05) is 58.0 Å². The number of nitrogens with one attached hydrogen (secondary N) is 3. The van der Waals surface area contributed by atoms with E-state index in [1.165, 1.54) is 12.1 Å². The number of aryl methyl sites for hydroxylation is 1. The maximum Gasteiger partial charge on any atom is 0.416 e. The van der Waals surface area contributed by atoms with Gasteiger partial charge >= 0.3 is 6.18 Å². The third-order valence-corrected chi connectivity index (χ3v) is 9.14. The van der Waals surface area contributed by atoms with E-state index < -0.39 is 51.2 Å². The summed E-state index contributed by atoms with van der Waals surface area (Å²) in [4.78, 5) is 53.9. The number of ketones is 1. The van der Waals surface area contributed by atoms with Gasteiger partial charge in [0.1, 0.15) is 17.7 Å². The van der Waals surface area contributed by atoms with Crippen LogP contribution in [0.3, 0.4) is 0 Å². The Morgan fingerprint density at radius 3 is 1.83 bits per heavy atom. The number of ether oxygens (including phenoxy) is 1. The Morgan fingerprint density at radius 2 is 1.30 bits per heavy atom. The molecule has 3 N–H and O–H groups in total. The molecular formula is C35H45F3IN3O5. The Balaban J connectivity index is 1.80. The maximum absolute atomic E-state index is 13.8.